The first-order valence-corrected chi connectivity index (χ1v) is 9.60. The molecule has 1 heterocycles. The van der Waals surface area contributed by atoms with Crippen molar-refractivity contribution in [1.82, 2.24) is 9.78 Å². The van der Waals surface area contributed by atoms with Crippen molar-refractivity contribution < 1.29 is 14.3 Å². The van der Waals surface area contributed by atoms with Crippen LogP contribution in [0.15, 0.2) is 48.7 Å². The number of rotatable bonds is 7. The third-order valence-corrected chi connectivity index (χ3v) is 4.97. The van der Waals surface area contributed by atoms with Crippen LogP contribution in [0.5, 0.6) is 11.5 Å². The highest BCUT2D eigenvalue weighted by molar-refractivity contribution is 6.34. The van der Waals surface area contributed by atoms with Crippen molar-refractivity contribution in [2.24, 2.45) is 7.05 Å². The Morgan fingerprint density at radius 1 is 1.17 bits per heavy atom. The van der Waals surface area contributed by atoms with Crippen LogP contribution in [0.1, 0.15) is 27.2 Å². The van der Waals surface area contributed by atoms with Crippen LogP contribution in [0.2, 0.25) is 10.0 Å². The number of halogens is 2. The van der Waals surface area contributed by atoms with Gasteiger partial charge in [-0.25, -0.2) is 0 Å². The largest absolute Gasteiger partial charge is 0.496 e. The van der Waals surface area contributed by atoms with Crippen LogP contribution in [-0.4, -0.2) is 22.7 Å². The summed E-state index contributed by atoms with van der Waals surface area (Å²) in [6.07, 6.45) is 4.75. The van der Waals surface area contributed by atoms with Gasteiger partial charge in [0.2, 0.25) is 5.78 Å². The molecule has 0 amide bonds. The molecule has 0 radical (unpaired) electrons. The van der Waals surface area contributed by atoms with Gasteiger partial charge >= 0.3 is 0 Å². The van der Waals surface area contributed by atoms with E-state index in [0.29, 0.717) is 22.4 Å². The van der Waals surface area contributed by atoms with Crippen molar-refractivity contribution in [3.05, 3.63) is 81.1 Å². The number of hydrogen-bond donors (Lipinski definition) is 0. The maximum atomic E-state index is 12.3. The lowest BCUT2D eigenvalue weighted by atomic mass is 10.1. The Hall–Kier alpha value is -2.76. The number of carbonyl (C=O) groups is 1. The van der Waals surface area contributed by atoms with Gasteiger partial charge in [-0.1, -0.05) is 35.3 Å². The lowest BCUT2D eigenvalue weighted by molar-refractivity contribution is 0.104. The number of methoxy groups -OCH3 is 1. The standard InChI is InChI=1S/C22H20Cl2N2O3/c1-14-10-17(6-7-18(14)23)29-13-16-11-15(5-9-21(16)28-3)4-8-20(27)22-19(24)12-26(2)25-22/h4-12H,13H2,1-3H3/b8-4+. The zero-order valence-electron chi connectivity index (χ0n) is 16.3. The van der Waals surface area contributed by atoms with E-state index in [-0.39, 0.29) is 11.5 Å². The second-order valence-electron chi connectivity index (χ2n) is 6.47. The molecule has 0 aliphatic carbocycles. The molecule has 29 heavy (non-hydrogen) atoms. The maximum absolute atomic E-state index is 12.3. The second kappa shape index (κ2) is 9.16. The summed E-state index contributed by atoms with van der Waals surface area (Å²) >= 11 is 12.1. The SMILES string of the molecule is COc1ccc(/C=C/C(=O)c2nn(C)cc2Cl)cc1COc1ccc(Cl)c(C)c1. The number of carbonyl (C=O) groups excluding carboxylic acids is 1. The molecule has 1 aromatic heterocycles. The van der Waals surface area contributed by atoms with Gasteiger partial charge in [0.25, 0.3) is 0 Å². The van der Waals surface area contributed by atoms with Gasteiger partial charge in [-0.05, 0) is 54.5 Å². The molecule has 0 bridgehead atoms. The summed E-state index contributed by atoms with van der Waals surface area (Å²) in [5, 5.41) is 5.10. The van der Waals surface area contributed by atoms with Gasteiger partial charge in [0.05, 0.1) is 12.1 Å². The number of ketones is 1. The van der Waals surface area contributed by atoms with E-state index in [0.717, 1.165) is 22.4 Å². The zero-order chi connectivity index (χ0) is 21.0. The summed E-state index contributed by atoms with van der Waals surface area (Å²) in [6, 6.07) is 11.1. The molecule has 5 nitrogen and oxygen atoms in total. The minimum Gasteiger partial charge on any atom is -0.496 e. The topological polar surface area (TPSA) is 53.3 Å². The van der Waals surface area contributed by atoms with Crippen LogP contribution in [0.4, 0.5) is 0 Å². The minimum atomic E-state index is -0.263. The first kappa shape index (κ1) is 21.0. The van der Waals surface area contributed by atoms with Gasteiger partial charge in [0, 0.05) is 23.8 Å². The van der Waals surface area contributed by atoms with Crippen LogP contribution >= 0.6 is 23.2 Å². The summed E-state index contributed by atoms with van der Waals surface area (Å²) < 4.78 is 12.8. The summed E-state index contributed by atoms with van der Waals surface area (Å²) in [6.45, 7) is 2.23. The highest BCUT2D eigenvalue weighted by Crippen LogP contribution is 2.25. The number of ether oxygens (including phenoxy) is 2. The average Bonchev–Trinajstić information content (AvgIpc) is 3.05. The van der Waals surface area contributed by atoms with Crippen molar-refractivity contribution in [3.63, 3.8) is 0 Å². The summed E-state index contributed by atoms with van der Waals surface area (Å²) in [7, 11) is 3.32. The molecule has 150 valence electrons. The molecule has 0 atom stereocenters. The monoisotopic (exact) mass is 430 g/mol. The third kappa shape index (κ3) is 5.19. The molecule has 2 aromatic carbocycles. The number of benzene rings is 2. The Labute approximate surface area is 179 Å². The Balaban J connectivity index is 1.76. The highest BCUT2D eigenvalue weighted by Gasteiger charge is 2.12. The second-order valence-corrected chi connectivity index (χ2v) is 7.28. The van der Waals surface area contributed by atoms with Crippen LogP contribution in [0.3, 0.4) is 0 Å². The van der Waals surface area contributed by atoms with E-state index in [4.69, 9.17) is 32.7 Å². The van der Waals surface area contributed by atoms with E-state index >= 15 is 0 Å². The van der Waals surface area contributed by atoms with Gasteiger partial charge in [0.1, 0.15) is 18.1 Å². The fourth-order valence-electron chi connectivity index (χ4n) is 2.76. The van der Waals surface area contributed by atoms with Crippen molar-refractivity contribution >= 4 is 35.1 Å². The number of allylic oxidation sites excluding steroid dienone is 1. The average molecular weight is 431 g/mol. The molecule has 0 aliphatic heterocycles. The molecule has 0 N–H and O–H groups in total. The first-order valence-electron chi connectivity index (χ1n) is 8.85. The molecular weight excluding hydrogens is 411 g/mol. The third-order valence-electron chi connectivity index (χ3n) is 4.27. The molecule has 7 heteroatoms. The van der Waals surface area contributed by atoms with Crippen molar-refractivity contribution in [3.8, 4) is 11.5 Å². The normalized spacial score (nSPS) is 11.1. The fourth-order valence-corrected chi connectivity index (χ4v) is 3.15. The predicted octanol–water partition coefficient (Wildman–Crippen LogP) is 5.52. The predicted molar refractivity (Wildman–Crippen MR) is 115 cm³/mol. The summed E-state index contributed by atoms with van der Waals surface area (Å²) in [5.74, 6) is 1.16. The van der Waals surface area contributed by atoms with Gasteiger partial charge in [-0.3, -0.25) is 9.48 Å². The molecular formula is C22H20Cl2N2O3. The Morgan fingerprint density at radius 3 is 2.62 bits per heavy atom. The van der Waals surface area contributed by atoms with Crippen molar-refractivity contribution in [2.45, 2.75) is 13.5 Å². The van der Waals surface area contributed by atoms with Gasteiger partial charge in [-0.15, -0.1) is 0 Å². The first-order chi connectivity index (χ1) is 13.9. The van der Waals surface area contributed by atoms with Crippen LogP contribution < -0.4 is 9.47 Å². The number of nitrogens with zero attached hydrogens (tertiary/aromatic N) is 2. The van der Waals surface area contributed by atoms with Crippen LogP contribution in [0.25, 0.3) is 6.08 Å². The van der Waals surface area contributed by atoms with Gasteiger partial charge in [-0.2, -0.15) is 5.10 Å². The van der Waals surface area contributed by atoms with Gasteiger partial charge in [0.15, 0.2) is 5.69 Å². The Kier molecular flexibility index (Phi) is 6.62. The number of aromatic nitrogens is 2. The molecule has 0 aliphatic rings. The molecule has 3 aromatic rings. The lowest BCUT2D eigenvalue weighted by Crippen LogP contribution is -2.00. The van der Waals surface area contributed by atoms with Crippen molar-refractivity contribution in [2.75, 3.05) is 7.11 Å². The molecule has 0 fully saturated rings. The van der Waals surface area contributed by atoms with E-state index in [9.17, 15) is 4.79 Å². The number of aryl methyl sites for hydroxylation is 2. The van der Waals surface area contributed by atoms with E-state index in [2.05, 4.69) is 5.10 Å². The van der Waals surface area contributed by atoms with E-state index < -0.39 is 0 Å². The molecule has 3 rings (SSSR count). The van der Waals surface area contributed by atoms with Gasteiger partial charge < -0.3 is 9.47 Å². The number of hydrogen-bond acceptors (Lipinski definition) is 4. The minimum absolute atomic E-state index is 0.223. The molecule has 0 saturated carbocycles. The highest BCUT2D eigenvalue weighted by atomic mass is 35.5. The molecule has 0 unspecified atom stereocenters. The maximum Gasteiger partial charge on any atom is 0.207 e. The summed E-state index contributed by atoms with van der Waals surface area (Å²) in [5.41, 5.74) is 2.85. The lowest BCUT2D eigenvalue weighted by Gasteiger charge is -2.12. The van der Waals surface area contributed by atoms with Crippen LogP contribution in [-0.2, 0) is 13.7 Å². The molecule has 0 saturated heterocycles. The quantitative estimate of drug-likeness (QED) is 0.365. The fraction of sp³-hybridized carbons (Fsp3) is 0.182. The Bertz CT molecular complexity index is 1070. The zero-order valence-corrected chi connectivity index (χ0v) is 17.8. The molecule has 0 spiro atoms. The van der Waals surface area contributed by atoms with E-state index in [1.54, 1.807) is 32.5 Å². The van der Waals surface area contributed by atoms with E-state index in [1.165, 1.54) is 10.8 Å². The smallest absolute Gasteiger partial charge is 0.207 e. The van der Waals surface area contributed by atoms with Crippen LogP contribution in [0, 0.1) is 6.92 Å². The van der Waals surface area contributed by atoms with Crippen molar-refractivity contribution in [1.29, 1.82) is 0 Å². The summed E-state index contributed by atoms with van der Waals surface area (Å²) in [4.78, 5) is 12.3. The van der Waals surface area contributed by atoms with E-state index in [1.807, 2.05) is 37.3 Å². The Morgan fingerprint density at radius 2 is 1.97 bits per heavy atom.